The second kappa shape index (κ2) is 19.9. The van der Waals surface area contributed by atoms with Crippen molar-refractivity contribution in [1.29, 1.82) is 0 Å². The molecule has 2 heteroatoms. The summed E-state index contributed by atoms with van der Waals surface area (Å²) in [6.45, 7) is 9.11. The van der Waals surface area contributed by atoms with Crippen molar-refractivity contribution < 1.29 is 0 Å². The van der Waals surface area contributed by atoms with Crippen LogP contribution < -0.4 is 0 Å². The molecule has 106 valence electrons. The molecule has 0 spiro atoms. The molecule has 0 bridgehead atoms. The van der Waals surface area contributed by atoms with E-state index in [-0.39, 0.29) is 0 Å². The normalized spacial score (nSPS) is 9.78. The fraction of sp³-hybridized carbons (Fsp3) is 0.875. The third-order valence-electron chi connectivity index (χ3n) is 2.97. The quantitative estimate of drug-likeness (QED) is 0.359. The molecule has 0 aliphatic heterocycles. The molecule has 0 rings (SSSR count). The second-order valence-electron chi connectivity index (χ2n) is 4.84. The van der Waals surface area contributed by atoms with Crippen LogP contribution in [0.5, 0.6) is 0 Å². The number of unbranched alkanes of at least 4 members (excludes halogenated alkanes) is 3. The average molecular weight is 373 g/mol. The summed E-state index contributed by atoms with van der Waals surface area (Å²) in [5, 5.41) is 0. The molecular formula is C16H34SiSn. The van der Waals surface area contributed by atoms with Crippen LogP contribution in [0.1, 0.15) is 66.2 Å². The minimum atomic E-state index is -0.839. The molecule has 0 heterocycles. The van der Waals surface area contributed by atoms with E-state index >= 15 is 0 Å². The van der Waals surface area contributed by atoms with Crippen molar-refractivity contribution in [2.24, 2.45) is 0 Å². The SMILES string of the molecule is C#C[SiH]CC.CCC[CH2][Sn]([CH2]CCC)[CH2]CCC. The molecule has 0 saturated carbocycles. The predicted molar refractivity (Wildman–Crippen MR) is 91.4 cm³/mol. The zero-order chi connectivity index (χ0) is 14.1. The van der Waals surface area contributed by atoms with Gasteiger partial charge in [0, 0.05) is 0 Å². The van der Waals surface area contributed by atoms with Crippen LogP contribution >= 0.6 is 0 Å². The van der Waals surface area contributed by atoms with Crippen LogP contribution in [-0.2, 0) is 0 Å². The molecule has 0 atom stereocenters. The van der Waals surface area contributed by atoms with E-state index in [0.29, 0.717) is 9.52 Å². The van der Waals surface area contributed by atoms with Gasteiger partial charge in [0.1, 0.15) is 9.52 Å². The van der Waals surface area contributed by atoms with Crippen LogP contribution in [0.3, 0.4) is 0 Å². The van der Waals surface area contributed by atoms with Gasteiger partial charge in [-0.3, -0.25) is 0 Å². The maximum absolute atomic E-state index is 4.93. The fourth-order valence-electron chi connectivity index (χ4n) is 1.77. The van der Waals surface area contributed by atoms with E-state index in [4.69, 9.17) is 6.42 Å². The third-order valence-corrected chi connectivity index (χ3v) is 12.7. The molecule has 0 aliphatic rings. The first-order valence-corrected chi connectivity index (χ1v) is 15.3. The first kappa shape index (κ1) is 20.9. The summed E-state index contributed by atoms with van der Waals surface area (Å²) in [4.78, 5) is 0. The Kier molecular flexibility index (Phi) is 23.1. The van der Waals surface area contributed by atoms with E-state index in [0.717, 1.165) is 0 Å². The first-order chi connectivity index (χ1) is 8.76. The molecule has 0 amide bonds. The zero-order valence-electron chi connectivity index (χ0n) is 13.2. The van der Waals surface area contributed by atoms with E-state index in [1.165, 1.54) is 44.6 Å². The van der Waals surface area contributed by atoms with Crippen molar-refractivity contribution in [2.45, 2.75) is 85.6 Å². The topological polar surface area (TPSA) is 0 Å². The molecule has 0 nitrogen and oxygen atoms in total. The number of terminal acetylenes is 1. The van der Waals surface area contributed by atoms with Crippen LogP contribution in [0.2, 0.25) is 19.4 Å². The minimum absolute atomic E-state index is 0.343. The van der Waals surface area contributed by atoms with Gasteiger partial charge >= 0.3 is 92.4 Å². The number of hydrogen-bond donors (Lipinski definition) is 0. The molecule has 0 N–H and O–H groups in total. The van der Waals surface area contributed by atoms with E-state index in [1.54, 1.807) is 13.3 Å². The summed E-state index contributed by atoms with van der Waals surface area (Å²) in [5.41, 5.74) is 2.60. The van der Waals surface area contributed by atoms with Gasteiger partial charge in [-0.15, -0.1) is 12.0 Å². The van der Waals surface area contributed by atoms with Crippen molar-refractivity contribution in [2.75, 3.05) is 0 Å². The van der Waals surface area contributed by atoms with Crippen molar-refractivity contribution in [3.63, 3.8) is 0 Å². The Morgan fingerprint density at radius 2 is 1.22 bits per heavy atom. The van der Waals surface area contributed by atoms with E-state index in [1.807, 2.05) is 0 Å². The van der Waals surface area contributed by atoms with Gasteiger partial charge in [-0.1, -0.05) is 13.0 Å². The zero-order valence-corrected chi connectivity index (χ0v) is 17.2. The summed E-state index contributed by atoms with van der Waals surface area (Å²) in [5.74, 6) is 0. The molecule has 2 radical (unpaired) electrons. The Hall–Kier alpha value is 0.576. The van der Waals surface area contributed by atoms with Crippen molar-refractivity contribution in [3.8, 4) is 12.0 Å². The Morgan fingerprint density at radius 3 is 1.39 bits per heavy atom. The Morgan fingerprint density at radius 1 is 0.833 bits per heavy atom. The molecule has 0 aromatic carbocycles. The van der Waals surface area contributed by atoms with Gasteiger partial charge in [0.25, 0.3) is 0 Å². The first-order valence-electron chi connectivity index (χ1n) is 7.87. The summed E-state index contributed by atoms with van der Waals surface area (Å²) in [7, 11) is 0.343. The Bertz CT molecular complexity index is 155. The maximum atomic E-state index is 4.93. The van der Waals surface area contributed by atoms with Gasteiger partial charge in [0.15, 0.2) is 0 Å². The summed E-state index contributed by atoms with van der Waals surface area (Å²) >= 11 is -0.839. The van der Waals surface area contributed by atoms with Gasteiger partial charge in [-0.05, 0) is 0 Å². The van der Waals surface area contributed by atoms with Crippen LogP contribution in [0, 0.1) is 12.0 Å². The van der Waals surface area contributed by atoms with Gasteiger partial charge in [0.2, 0.25) is 0 Å². The molecule has 0 unspecified atom stereocenters. The molecule has 0 aromatic heterocycles. The van der Waals surface area contributed by atoms with Gasteiger partial charge in [-0.25, -0.2) is 0 Å². The summed E-state index contributed by atoms with van der Waals surface area (Å²) < 4.78 is 5.04. The van der Waals surface area contributed by atoms with E-state index < -0.39 is 19.8 Å². The molecule has 18 heavy (non-hydrogen) atoms. The molecule has 0 fully saturated rings. The van der Waals surface area contributed by atoms with Gasteiger partial charge in [0.05, 0.1) is 0 Å². The predicted octanol–water partition coefficient (Wildman–Crippen LogP) is 5.33. The Balaban J connectivity index is 0. The second-order valence-corrected chi connectivity index (χ2v) is 15.0. The van der Waals surface area contributed by atoms with Gasteiger partial charge in [-0.2, -0.15) is 0 Å². The summed E-state index contributed by atoms with van der Waals surface area (Å²) in [6, 6.07) is 1.19. The average Bonchev–Trinajstić information content (AvgIpc) is 2.39. The van der Waals surface area contributed by atoms with Crippen molar-refractivity contribution in [1.82, 2.24) is 0 Å². The standard InChI is InChI=1S/C4H7Si.3C4H9.Sn/c1-3-5-4-2;3*1-3-4-2;/h1,5H,4H2,2H3;3*1,3-4H2,2H3;. The monoisotopic (exact) mass is 374 g/mol. The van der Waals surface area contributed by atoms with Gasteiger partial charge < -0.3 is 0 Å². The third kappa shape index (κ3) is 18.9. The van der Waals surface area contributed by atoms with Crippen LogP contribution in [0.15, 0.2) is 0 Å². The van der Waals surface area contributed by atoms with Crippen LogP contribution in [0.25, 0.3) is 0 Å². The molecule has 0 aliphatic carbocycles. The summed E-state index contributed by atoms with van der Waals surface area (Å²) in [6.07, 6.45) is 13.8. The van der Waals surface area contributed by atoms with E-state index in [2.05, 4.69) is 33.2 Å². The van der Waals surface area contributed by atoms with Crippen LogP contribution in [-0.4, -0.2) is 29.3 Å². The fourth-order valence-corrected chi connectivity index (χ4v) is 11.5. The Labute approximate surface area is 126 Å². The number of hydrogen-bond acceptors (Lipinski definition) is 0. The van der Waals surface area contributed by atoms with Crippen molar-refractivity contribution >= 4 is 29.3 Å². The number of rotatable bonds is 10. The van der Waals surface area contributed by atoms with Crippen LogP contribution in [0.4, 0.5) is 0 Å². The van der Waals surface area contributed by atoms with E-state index in [9.17, 15) is 0 Å². The van der Waals surface area contributed by atoms with Crippen molar-refractivity contribution in [3.05, 3.63) is 0 Å². The molecular weight excluding hydrogens is 339 g/mol. The molecule has 0 saturated heterocycles. The molecule has 0 aromatic rings.